The van der Waals surface area contributed by atoms with Gasteiger partial charge in [-0.05, 0) is 36.6 Å². The van der Waals surface area contributed by atoms with Crippen molar-refractivity contribution in [3.8, 4) is 11.3 Å². The van der Waals surface area contributed by atoms with Crippen molar-refractivity contribution in [3.05, 3.63) is 70.5 Å². The number of hydrogen-bond donors (Lipinski definition) is 3. The highest BCUT2D eigenvalue weighted by Gasteiger charge is 2.10. The molecule has 3 aromatic rings. The van der Waals surface area contributed by atoms with Gasteiger partial charge in [0.05, 0.1) is 15.7 Å². The molecular formula is C24H26Cl2N6O. The van der Waals surface area contributed by atoms with Crippen molar-refractivity contribution in [2.75, 3.05) is 24.1 Å². The van der Waals surface area contributed by atoms with E-state index in [0.29, 0.717) is 33.7 Å². The van der Waals surface area contributed by atoms with Crippen LogP contribution in [0.25, 0.3) is 17.3 Å². The Morgan fingerprint density at radius 1 is 1.03 bits per heavy atom. The van der Waals surface area contributed by atoms with Gasteiger partial charge in [-0.25, -0.2) is 4.98 Å². The largest absolute Gasteiger partial charge is 0.370 e. The number of aromatic nitrogens is 3. The van der Waals surface area contributed by atoms with Crippen molar-refractivity contribution in [3.63, 3.8) is 0 Å². The molecule has 0 bridgehead atoms. The highest BCUT2D eigenvalue weighted by Crippen LogP contribution is 2.33. The van der Waals surface area contributed by atoms with E-state index >= 15 is 0 Å². The van der Waals surface area contributed by atoms with Gasteiger partial charge in [0, 0.05) is 43.2 Å². The topological polar surface area (TPSA) is 106 Å². The molecule has 0 fully saturated rings. The van der Waals surface area contributed by atoms with Crippen molar-refractivity contribution in [2.24, 2.45) is 0 Å². The molecular weight excluding hydrogens is 459 g/mol. The normalized spacial score (nSPS) is 11.0. The fourth-order valence-corrected chi connectivity index (χ4v) is 3.53. The van der Waals surface area contributed by atoms with Gasteiger partial charge in [-0.2, -0.15) is 4.98 Å². The minimum Gasteiger partial charge on any atom is -0.370 e. The first-order valence-corrected chi connectivity index (χ1v) is 11.5. The Morgan fingerprint density at radius 2 is 1.85 bits per heavy atom. The number of nitrogens with zero attached hydrogens (tertiary/aromatic N) is 3. The number of benzene rings is 1. The summed E-state index contributed by atoms with van der Waals surface area (Å²) in [4.78, 5) is 24.4. The van der Waals surface area contributed by atoms with Crippen molar-refractivity contribution < 1.29 is 4.79 Å². The van der Waals surface area contributed by atoms with Gasteiger partial charge in [0.25, 0.3) is 0 Å². The summed E-state index contributed by atoms with van der Waals surface area (Å²) in [5.41, 5.74) is 8.09. The van der Waals surface area contributed by atoms with Crippen LogP contribution in [-0.4, -0.2) is 33.9 Å². The van der Waals surface area contributed by atoms with Gasteiger partial charge in [0.2, 0.25) is 11.9 Å². The van der Waals surface area contributed by atoms with Crippen LogP contribution in [0.5, 0.6) is 0 Å². The number of rotatable bonds is 11. The molecule has 0 aliphatic rings. The number of halogens is 2. The summed E-state index contributed by atoms with van der Waals surface area (Å²) in [6.07, 6.45) is 10.6. The Hall–Kier alpha value is -3.16. The molecule has 33 heavy (non-hydrogen) atoms. The maximum Gasteiger partial charge on any atom is 0.243 e. The van der Waals surface area contributed by atoms with Gasteiger partial charge >= 0.3 is 0 Å². The molecule has 0 unspecified atom stereocenters. The molecule has 3 rings (SSSR count). The van der Waals surface area contributed by atoms with Gasteiger partial charge in [-0.1, -0.05) is 54.2 Å². The molecule has 0 radical (unpaired) electrons. The van der Waals surface area contributed by atoms with Crippen molar-refractivity contribution in [2.45, 2.75) is 25.7 Å². The molecule has 0 spiro atoms. The van der Waals surface area contributed by atoms with Crippen LogP contribution in [0.2, 0.25) is 10.0 Å². The first-order valence-electron chi connectivity index (χ1n) is 10.7. The monoisotopic (exact) mass is 484 g/mol. The third-order valence-corrected chi connectivity index (χ3v) is 5.61. The molecule has 0 atom stereocenters. The van der Waals surface area contributed by atoms with E-state index in [4.69, 9.17) is 28.9 Å². The van der Waals surface area contributed by atoms with E-state index in [1.807, 2.05) is 30.3 Å². The van der Waals surface area contributed by atoms with Gasteiger partial charge < -0.3 is 16.4 Å². The predicted octanol–water partition coefficient (Wildman–Crippen LogP) is 5.23. The number of nitrogens with two attached hydrogens (primary N) is 1. The van der Waals surface area contributed by atoms with Crippen LogP contribution >= 0.6 is 23.2 Å². The summed E-state index contributed by atoms with van der Waals surface area (Å²) < 4.78 is 0. The molecule has 1 amide bonds. The number of unbranched alkanes of at least 4 members (excludes halogenated alkanes) is 3. The SMILES string of the molecule is Nc1nc(NCCCCCCNC(=O)/C=C/c2cccnc2)cc(-c2cccc(Cl)c2Cl)n1. The maximum absolute atomic E-state index is 11.8. The van der Waals surface area contributed by atoms with E-state index in [1.54, 1.807) is 24.5 Å². The lowest BCUT2D eigenvalue weighted by molar-refractivity contribution is -0.116. The van der Waals surface area contributed by atoms with E-state index in [-0.39, 0.29) is 11.9 Å². The molecule has 9 heteroatoms. The highest BCUT2D eigenvalue weighted by atomic mass is 35.5. The Bertz CT molecular complexity index is 1090. The summed E-state index contributed by atoms with van der Waals surface area (Å²) >= 11 is 12.4. The van der Waals surface area contributed by atoms with Crippen molar-refractivity contribution in [1.29, 1.82) is 0 Å². The summed E-state index contributed by atoms with van der Waals surface area (Å²) in [5.74, 6) is 0.707. The molecule has 4 N–H and O–H groups in total. The number of anilines is 2. The van der Waals surface area contributed by atoms with Crippen LogP contribution in [-0.2, 0) is 4.79 Å². The Kier molecular flexibility index (Phi) is 9.47. The lowest BCUT2D eigenvalue weighted by atomic mass is 10.1. The number of hydrogen-bond acceptors (Lipinski definition) is 6. The maximum atomic E-state index is 11.8. The summed E-state index contributed by atoms with van der Waals surface area (Å²) in [6, 6.07) is 10.9. The van der Waals surface area contributed by atoms with E-state index < -0.39 is 0 Å². The Labute approximate surface area is 203 Å². The van der Waals surface area contributed by atoms with Crippen LogP contribution < -0.4 is 16.4 Å². The molecule has 7 nitrogen and oxygen atoms in total. The van der Waals surface area contributed by atoms with Crippen LogP contribution in [0, 0.1) is 0 Å². The van der Waals surface area contributed by atoms with Gasteiger partial charge in [0.1, 0.15) is 5.82 Å². The number of nitrogens with one attached hydrogen (secondary N) is 2. The van der Waals surface area contributed by atoms with Gasteiger partial charge in [-0.15, -0.1) is 0 Å². The van der Waals surface area contributed by atoms with Gasteiger partial charge in [0.15, 0.2) is 0 Å². The van der Waals surface area contributed by atoms with Crippen molar-refractivity contribution in [1.82, 2.24) is 20.3 Å². The summed E-state index contributed by atoms with van der Waals surface area (Å²) in [5, 5.41) is 7.07. The Balaban J connectivity index is 1.34. The standard InChI is InChI=1S/C24H26Cl2N6O/c25-19-9-5-8-18(23(19)26)20-15-21(32-24(27)31-20)29-13-3-1-2-4-14-30-22(33)11-10-17-7-6-12-28-16-17/h5-12,15-16H,1-4,13-14H2,(H,30,33)(H3,27,29,31,32)/b11-10+. The highest BCUT2D eigenvalue weighted by molar-refractivity contribution is 6.43. The average molecular weight is 485 g/mol. The fourth-order valence-electron chi connectivity index (χ4n) is 3.13. The average Bonchev–Trinajstić information content (AvgIpc) is 2.81. The predicted molar refractivity (Wildman–Crippen MR) is 135 cm³/mol. The number of nitrogen functional groups attached to an aromatic ring is 1. The second-order valence-electron chi connectivity index (χ2n) is 7.35. The quantitative estimate of drug-likeness (QED) is 0.254. The minimum atomic E-state index is -0.0996. The summed E-state index contributed by atoms with van der Waals surface area (Å²) in [6.45, 7) is 1.40. The Morgan fingerprint density at radius 3 is 2.64 bits per heavy atom. The van der Waals surface area contributed by atoms with E-state index in [0.717, 1.165) is 37.8 Å². The summed E-state index contributed by atoms with van der Waals surface area (Å²) in [7, 11) is 0. The molecule has 2 aromatic heterocycles. The molecule has 172 valence electrons. The molecule has 2 heterocycles. The van der Waals surface area contributed by atoms with Crippen LogP contribution in [0.3, 0.4) is 0 Å². The van der Waals surface area contributed by atoms with Crippen molar-refractivity contribution >= 4 is 47.0 Å². The fraction of sp³-hybridized carbons (Fsp3) is 0.250. The zero-order valence-corrected chi connectivity index (χ0v) is 19.6. The number of amides is 1. The zero-order valence-electron chi connectivity index (χ0n) is 18.1. The third-order valence-electron chi connectivity index (χ3n) is 4.79. The molecule has 1 aromatic carbocycles. The minimum absolute atomic E-state index is 0.0996. The first-order chi connectivity index (χ1) is 16.0. The van der Waals surface area contributed by atoms with Gasteiger partial charge in [-0.3, -0.25) is 9.78 Å². The van der Waals surface area contributed by atoms with E-state index in [1.165, 1.54) is 6.08 Å². The van der Waals surface area contributed by atoms with E-state index in [2.05, 4.69) is 25.6 Å². The lowest BCUT2D eigenvalue weighted by Gasteiger charge is -2.10. The number of carbonyl (C=O) groups is 1. The lowest BCUT2D eigenvalue weighted by Crippen LogP contribution is -2.22. The first kappa shape index (κ1) is 24.5. The third kappa shape index (κ3) is 8.04. The number of carbonyl (C=O) groups excluding carboxylic acids is 1. The molecule has 0 aliphatic heterocycles. The van der Waals surface area contributed by atoms with Crippen LogP contribution in [0.1, 0.15) is 31.2 Å². The van der Waals surface area contributed by atoms with Crippen LogP contribution in [0.4, 0.5) is 11.8 Å². The zero-order chi connectivity index (χ0) is 23.5. The van der Waals surface area contributed by atoms with E-state index in [9.17, 15) is 4.79 Å². The number of pyridine rings is 1. The smallest absolute Gasteiger partial charge is 0.243 e. The van der Waals surface area contributed by atoms with Crippen LogP contribution in [0.15, 0.2) is 54.9 Å². The molecule has 0 aliphatic carbocycles. The second kappa shape index (κ2) is 12.8. The molecule has 0 saturated carbocycles. The molecule has 0 saturated heterocycles. The second-order valence-corrected chi connectivity index (χ2v) is 8.13.